The lowest BCUT2D eigenvalue weighted by Gasteiger charge is -2.44. The summed E-state index contributed by atoms with van der Waals surface area (Å²) in [5.41, 5.74) is 2.30. The summed E-state index contributed by atoms with van der Waals surface area (Å²) in [6.45, 7) is 9.50. The Kier molecular flexibility index (Phi) is 5.09. The lowest BCUT2D eigenvalue weighted by molar-refractivity contribution is -0.126. The zero-order chi connectivity index (χ0) is 19.8. The second-order valence-corrected chi connectivity index (χ2v) is 8.31. The first kappa shape index (κ1) is 19.2. The number of carbonyl (C=O) groups excluding carboxylic acids is 2. The lowest BCUT2D eigenvalue weighted by atomic mass is 9.87. The van der Waals surface area contributed by atoms with Crippen LogP contribution in [-0.2, 0) is 9.59 Å². The van der Waals surface area contributed by atoms with Gasteiger partial charge in [0.15, 0.2) is 0 Å². The summed E-state index contributed by atoms with van der Waals surface area (Å²) in [6, 6.07) is 17.7. The maximum Gasteiger partial charge on any atom is 0.232 e. The normalized spacial score (nSPS) is 19.4. The van der Waals surface area contributed by atoms with Crippen LogP contribution < -0.4 is 9.80 Å². The quantitative estimate of drug-likeness (QED) is 0.756. The monoisotopic (exact) mass is 364 g/mol. The van der Waals surface area contributed by atoms with Crippen LogP contribution >= 0.6 is 0 Å². The number of rotatable bonds is 2. The number of carbonyl (C=O) groups is 2. The largest absolute Gasteiger partial charge is 0.309 e. The standard InChI is InChI=1S/C23H28N2O2/c1-16-15-21(19-13-9-10-14-20(19)24(16)17(2)26)25(22(27)23(3,4)5)18-11-7-6-8-12-18/h6-14,16,21H,15H2,1-5H3/t16-,21-/m0/s1. The number of benzene rings is 2. The minimum absolute atomic E-state index is 0.0152. The molecule has 0 N–H and O–H groups in total. The van der Waals surface area contributed by atoms with Gasteiger partial charge in [0.1, 0.15) is 0 Å². The molecular weight excluding hydrogens is 336 g/mol. The minimum atomic E-state index is -0.508. The minimum Gasteiger partial charge on any atom is -0.309 e. The van der Waals surface area contributed by atoms with Gasteiger partial charge >= 0.3 is 0 Å². The molecule has 142 valence electrons. The molecule has 1 aliphatic rings. The van der Waals surface area contributed by atoms with Gasteiger partial charge in [0.05, 0.1) is 6.04 Å². The van der Waals surface area contributed by atoms with Crippen molar-refractivity contribution in [2.75, 3.05) is 9.80 Å². The van der Waals surface area contributed by atoms with E-state index >= 15 is 0 Å². The molecule has 1 aliphatic heterocycles. The van der Waals surface area contributed by atoms with Gasteiger partial charge < -0.3 is 9.80 Å². The Labute approximate surface area is 161 Å². The van der Waals surface area contributed by atoms with Crippen molar-refractivity contribution in [2.24, 2.45) is 5.41 Å². The van der Waals surface area contributed by atoms with E-state index in [1.165, 1.54) is 0 Å². The molecule has 3 rings (SSSR count). The molecule has 0 saturated heterocycles. The van der Waals surface area contributed by atoms with Crippen molar-refractivity contribution in [3.8, 4) is 0 Å². The predicted molar refractivity (Wildman–Crippen MR) is 110 cm³/mol. The molecule has 0 unspecified atom stereocenters. The third kappa shape index (κ3) is 3.61. The van der Waals surface area contributed by atoms with E-state index in [9.17, 15) is 9.59 Å². The summed E-state index contributed by atoms with van der Waals surface area (Å²) in [5.74, 6) is 0.110. The van der Waals surface area contributed by atoms with Crippen LogP contribution in [0.5, 0.6) is 0 Å². The van der Waals surface area contributed by atoms with Crippen LogP contribution in [0.25, 0.3) is 0 Å². The predicted octanol–water partition coefficient (Wildman–Crippen LogP) is 4.95. The van der Waals surface area contributed by atoms with E-state index in [0.717, 1.165) is 16.9 Å². The fourth-order valence-corrected chi connectivity index (χ4v) is 3.89. The van der Waals surface area contributed by atoms with Crippen molar-refractivity contribution in [1.82, 2.24) is 0 Å². The Hall–Kier alpha value is -2.62. The molecule has 4 nitrogen and oxygen atoms in total. The first-order chi connectivity index (χ1) is 12.7. The topological polar surface area (TPSA) is 40.6 Å². The Morgan fingerprint density at radius 3 is 2.19 bits per heavy atom. The van der Waals surface area contributed by atoms with E-state index < -0.39 is 5.41 Å². The van der Waals surface area contributed by atoms with Crippen molar-refractivity contribution in [2.45, 2.75) is 53.1 Å². The average molecular weight is 364 g/mol. The van der Waals surface area contributed by atoms with Crippen LogP contribution in [-0.4, -0.2) is 17.9 Å². The van der Waals surface area contributed by atoms with Crippen LogP contribution in [0.2, 0.25) is 0 Å². The molecule has 1 heterocycles. The molecule has 0 aliphatic carbocycles. The van der Waals surface area contributed by atoms with E-state index in [2.05, 4.69) is 6.92 Å². The van der Waals surface area contributed by atoms with Crippen LogP contribution in [0.3, 0.4) is 0 Å². The third-order valence-electron chi connectivity index (χ3n) is 5.11. The number of hydrogen-bond acceptors (Lipinski definition) is 2. The van der Waals surface area contributed by atoms with Gasteiger partial charge in [-0.15, -0.1) is 0 Å². The van der Waals surface area contributed by atoms with Crippen molar-refractivity contribution >= 4 is 23.2 Å². The van der Waals surface area contributed by atoms with Gasteiger partial charge in [-0.1, -0.05) is 57.2 Å². The molecular formula is C23H28N2O2. The number of anilines is 2. The average Bonchev–Trinajstić information content (AvgIpc) is 2.61. The highest BCUT2D eigenvalue weighted by Crippen LogP contribution is 2.43. The van der Waals surface area contributed by atoms with Gasteiger partial charge in [-0.05, 0) is 37.1 Å². The number of nitrogens with zero attached hydrogens (tertiary/aromatic N) is 2. The summed E-state index contributed by atoms with van der Waals surface area (Å²) in [5, 5.41) is 0. The molecule has 0 bridgehead atoms. The summed E-state index contributed by atoms with van der Waals surface area (Å²) in [4.78, 5) is 29.5. The van der Waals surface area contributed by atoms with Gasteiger partial charge in [-0.25, -0.2) is 0 Å². The van der Waals surface area contributed by atoms with Crippen molar-refractivity contribution in [3.05, 3.63) is 60.2 Å². The molecule has 2 aromatic rings. The highest BCUT2D eigenvalue weighted by atomic mass is 16.2. The summed E-state index contributed by atoms with van der Waals surface area (Å²) in [7, 11) is 0. The number of hydrogen-bond donors (Lipinski definition) is 0. The van der Waals surface area contributed by atoms with E-state index in [-0.39, 0.29) is 23.9 Å². The Balaban J connectivity index is 2.16. The Bertz CT molecular complexity index is 839. The smallest absolute Gasteiger partial charge is 0.232 e. The number of para-hydroxylation sites is 2. The zero-order valence-electron chi connectivity index (χ0n) is 16.8. The third-order valence-corrected chi connectivity index (χ3v) is 5.11. The van der Waals surface area contributed by atoms with E-state index in [0.29, 0.717) is 6.42 Å². The van der Waals surface area contributed by atoms with Gasteiger partial charge in [0.25, 0.3) is 0 Å². The Morgan fingerprint density at radius 1 is 1.00 bits per heavy atom. The molecule has 2 atom stereocenters. The summed E-state index contributed by atoms with van der Waals surface area (Å²) < 4.78 is 0. The molecule has 0 spiro atoms. The first-order valence-electron chi connectivity index (χ1n) is 9.49. The van der Waals surface area contributed by atoms with Gasteiger partial charge in [0.2, 0.25) is 11.8 Å². The fraction of sp³-hybridized carbons (Fsp3) is 0.391. The molecule has 27 heavy (non-hydrogen) atoms. The highest BCUT2D eigenvalue weighted by Gasteiger charge is 2.40. The first-order valence-corrected chi connectivity index (χ1v) is 9.49. The summed E-state index contributed by atoms with van der Waals surface area (Å²) in [6.07, 6.45) is 0.702. The molecule has 0 saturated carbocycles. The SMILES string of the molecule is CC(=O)N1c2ccccc2[C@@H](N(C(=O)C(C)(C)C)c2ccccc2)C[C@@H]1C. The molecule has 0 radical (unpaired) electrons. The number of fused-ring (bicyclic) bond motifs is 1. The molecule has 0 fully saturated rings. The molecule has 2 aromatic carbocycles. The zero-order valence-corrected chi connectivity index (χ0v) is 16.8. The second kappa shape index (κ2) is 7.18. The molecule has 2 amide bonds. The van der Waals surface area contributed by atoms with Crippen molar-refractivity contribution in [1.29, 1.82) is 0 Å². The van der Waals surface area contributed by atoms with E-state index in [1.54, 1.807) is 6.92 Å². The highest BCUT2D eigenvalue weighted by molar-refractivity contribution is 5.99. The second-order valence-electron chi connectivity index (χ2n) is 8.31. The van der Waals surface area contributed by atoms with E-state index in [1.807, 2.05) is 85.2 Å². The van der Waals surface area contributed by atoms with E-state index in [4.69, 9.17) is 0 Å². The molecule has 4 heteroatoms. The van der Waals surface area contributed by atoms with Crippen molar-refractivity contribution < 1.29 is 9.59 Å². The van der Waals surface area contributed by atoms with Crippen LogP contribution in [0, 0.1) is 5.41 Å². The summed E-state index contributed by atoms with van der Waals surface area (Å²) >= 11 is 0. The van der Waals surface area contributed by atoms with Crippen molar-refractivity contribution in [3.63, 3.8) is 0 Å². The number of amides is 2. The molecule has 0 aromatic heterocycles. The lowest BCUT2D eigenvalue weighted by Crippen LogP contribution is -2.49. The van der Waals surface area contributed by atoms with Gasteiger partial charge in [0, 0.05) is 29.8 Å². The maximum atomic E-state index is 13.4. The van der Waals surface area contributed by atoms with Crippen LogP contribution in [0.15, 0.2) is 54.6 Å². The van der Waals surface area contributed by atoms with Gasteiger partial charge in [-0.2, -0.15) is 0 Å². The van der Waals surface area contributed by atoms with Gasteiger partial charge in [-0.3, -0.25) is 9.59 Å². The Morgan fingerprint density at radius 2 is 1.59 bits per heavy atom. The maximum absolute atomic E-state index is 13.4. The van der Waals surface area contributed by atoms with Crippen LogP contribution in [0.4, 0.5) is 11.4 Å². The fourth-order valence-electron chi connectivity index (χ4n) is 3.89. The van der Waals surface area contributed by atoms with Crippen LogP contribution in [0.1, 0.15) is 52.6 Å².